The zero-order valence-corrected chi connectivity index (χ0v) is 21.9. The molecule has 1 aliphatic rings. The minimum absolute atomic E-state index is 0.124. The van der Waals surface area contributed by atoms with Gasteiger partial charge in [-0.1, -0.05) is 17.7 Å². The lowest BCUT2D eigenvalue weighted by atomic mass is 10.1. The largest absolute Gasteiger partial charge is 0.390 e. The first kappa shape index (κ1) is 31.0. The number of nitrogens with zero attached hydrogens (tertiary/aromatic N) is 2. The van der Waals surface area contributed by atoms with Crippen molar-refractivity contribution < 1.29 is 36.3 Å². The molecule has 1 atom stereocenters. The van der Waals surface area contributed by atoms with E-state index in [1.165, 1.54) is 12.1 Å². The molecule has 0 saturated carbocycles. The molecule has 9 nitrogen and oxygen atoms in total. The van der Waals surface area contributed by atoms with Crippen LogP contribution in [0.15, 0.2) is 30.3 Å². The van der Waals surface area contributed by atoms with Gasteiger partial charge in [0.05, 0.1) is 35.8 Å². The van der Waals surface area contributed by atoms with Gasteiger partial charge >= 0.3 is 6.18 Å². The highest BCUT2D eigenvalue weighted by atomic mass is 35.5. The second-order valence-electron chi connectivity index (χ2n) is 9.20. The van der Waals surface area contributed by atoms with E-state index >= 15 is 0 Å². The lowest BCUT2D eigenvalue weighted by molar-refractivity contribution is -0.138. The molecule has 0 aromatic heterocycles. The fourth-order valence-electron chi connectivity index (χ4n) is 4.08. The highest BCUT2D eigenvalue weighted by Crippen LogP contribution is 2.31. The third-order valence-electron chi connectivity index (χ3n) is 6.25. The molecule has 1 unspecified atom stereocenters. The van der Waals surface area contributed by atoms with Crippen LogP contribution in [0.2, 0.25) is 5.02 Å². The zero-order valence-electron chi connectivity index (χ0n) is 21.2. The molecule has 1 saturated heterocycles. The molecule has 15 heteroatoms. The van der Waals surface area contributed by atoms with Crippen LogP contribution in [0.5, 0.6) is 0 Å². The number of benzene rings is 2. The van der Waals surface area contributed by atoms with Crippen molar-refractivity contribution in [2.75, 3.05) is 42.9 Å². The van der Waals surface area contributed by atoms with Crippen LogP contribution in [0.3, 0.4) is 0 Å². The predicted molar refractivity (Wildman–Crippen MR) is 139 cm³/mol. The summed E-state index contributed by atoms with van der Waals surface area (Å²) in [5.74, 6) is -5.36. The van der Waals surface area contributed by atoms with Crippen molar-refractivity contribution in [2.24, 2.45) is 11.5 Å². The standard InChI is InChI=1S/C25H28ClF5N6O3/c26-15-2-4-18(19(11-15)37-9-7-36(8-10-37)6-5-25(29,30)31)35-23(39)16-3-1-14(21(27)22(16)28)13-34-24(40)17(32)12-20(33)38/h1-4,11,17H,5-10,12-13,32H2,(H2,33,38)(H,34,40)(H,35,39). The van der Waals surface area contributed by atoms with Crippen LogP contribution < -0.4 is 27.0 Å². The Morgan fingerprint density at radius 1 is 1.02 bits per heavy atom. The third-order valence-corrected chi connectivity index (χ3v) is 6.49. The minimum atomic E-state index is -4.25. The topological polar surface area (TPSA) is 134 Å². The van der Waals surface area contributed by atoms with E-state index in [1.807, 2.05) is 4.90 Å². The first-order valence-electron chi connectivity index (χ1n) is 12.2. The van der Waals surface area contributed by atoms with Crippen LogP contribution in [0.25, 0.3) is 0 Å². The Balaban J connectivity index is 1.68. The Morgan fingerprint density at radius 2 is 1.70 bits per heavy atom. The summed E-state index contributed by atoms with van der Waals surface area (Å²) in [5, 5.41) is 5.15. The number of anilines is 2. The highest BCUT2D eigenvalue weighted by Gasteiger charge is 2.29. The summed E-state index contributed by atoms with van der Waals surface area (Å²) in [6.07, 6.45) is -5.59. The summed E-state index contributed by atoms with van der Waals surface area (Å²) in [6.45, 7) is 0.830. The van der Waals surface area contributed by atoms with Crippen molar-refractivity contribution in [3.05, 3.63) is 58.1 Å². The minimum Gasteiger partial charge on any atom is -0.370 e. The maximum absolute atomic E-state index is 14.8. The average Bonchev–Trinajstić information content (AvgIpc) is 2.88. The molecular weight excluding hydrogens is 563 g/mol. The number of carbonyl (C=O) groups is 3. The quantitative estimate of drug-likeness (QED) is 0.315. The summed E-state index contributed by atoms with van der Waals surface area (Å²) in [4.78, 5) is 39.2. The van der Waals surface area contributed by atoms with E-state index in [9.17, 15) is 36.3 Å². The molecule has 0 aliphatic carbocycles. The van der Waals surface area contributed by atoms with Gasteiger partial charge in [-0.15, -0.1) is 0 Å². The van der Waals surface area contributed by atoms with Gasteiger partial charge in [0.1, 0.15) is 0 Å². The Bertz CT molecular complexity index is 1250. The summed E-state index contributed by atoms with van der Waals surface area (Å²) < 4.78 is 67.2. The van der Waals surface area contributed by atoms with Crippen LogP contribution in [0.1, 0.15) is 28.8 Å². The fraction of sp³-hybridized carbons (Fsp3) is 0.400. The molecular formula is C25H28ClF5N6O3. The number of nitrogens with one attached hydrogen (secondary N) is 2. The Hall–Kier alpha value is -3.49. The third kappa shape index (κ3) is 8.50. The maximum atomic E-state index is 14.8. The van der Waals surface area contributed by atoms with Crippen molar-refractivity contribution in [2.45, 2.75) is 31.6 Å². The molecule has 1 heterocycles. The van der Waals surface area contributed by atoms with E-state index in [0.717, 1.165) is 12.1 Å². The molecule has 3 rings (SSSR count). The molecule has 0 bridgehead atoms. The van der Waals surface area contributed by atoms with E-state index in [-0.39, 0.29) is 17.8 Å². The van der Waals surface area contributed by atoms with Gasteiger partial charge in [-0.2, -0.15) is 13.2 Å². The SMILES string of the molecule is NC(=O)CC(N)C(=O)NCc1ccc(C(=O)Nc2ccc(Cl)cc2N2CCN(CCC(F)(F)F)CC2)c(F)c1F. The van der Waals surface area contributed by atoms with E-state index in [4.69, 9.17) is 23.1 Å². The van der Waals surface area contributed by atoms with Crippen molar-refractivity contribution in [3.8, 4) is 0 Å². The summed E-state index contributed by atoms with van der Waals surface area (Å²) in [5.41, 5.74) is 10.4. The molecule has 6 N–H and O–H groups in total. The number of alkyl halides is 3. The van der Waals surface area contributed by atoms with E-state index < -0.39 is 66.5 Å². The highest BCUT2D eigenvalue weighted by molar-refractivity contribution is 6.31. The normalized spacial score (nSPS) is 15.0. The van der Waals surface area contributed by atoms with E-state index in [2.05, 4.69) is 10.6 Å². The van der Waals surface area contributed by atoms with Crippen molar-refractivity contribution in [3.63, 3.8) is 0 Å². The lowest BCUT2D eigenvalue weighted by Crippen LogP contribution is -2.47. The van der Waals surface area contributed by atoms with Gasteiger partial charge in [-0.05, 0) is 24.3 Å². The van der Waals surface area contributed by atoms with E-state index in [0.29, 0.717) is 36.9 Å². The second-order valence-corrected chi connectivity index (χ2v) is 9.64. The number of rotatable bonds is 10. The lowest BCUT2D eigenvalue weighted by Gasteiger charge is -2.37. The predicted octanol–water partition coefficient (Wildman–Crippen LogP) is 2.76. The molecule has 2 aromatic carbocycles. The van der Waals surface area contributed by atoms with Crippen LogP contribution in [-0.4, -0.2) is 67.6 Å². The van der Waals surface area contributed by atoms with Crippen molar-refractivity contribution >= 4 is 40.7 Å². The number of amides is 3. The van der Waals surface area contributed by atoms with Gasteiger partial charge in [-0.25, -0.2) is 8.78 Å². The number of hydrogen-bond acceptors (Lipinski definition) is 6. The number of nitrogens with two attached hydrogens (primary N) is 2. The Morgan fingerprint density at radius 3 is 2.33 bits per heavy atom. The van der Waals surface area contributed by atoms with E-state index in [1.54, 1.807) is 11.0 Å². The van der Waals surface area contributed by atoms with Gasteiger partial charge in [-0.3, -0.25) is 19.3 Å². The van der Waals surface area contributed by atoms with Crippen LogP contribution in [-0.2, 0) is 16.1 Å². The fourth-order valence-corrected chi connectivity index (χ4v) is 4.25. The number of hydrogen-bond donors (Lipinski definition) is 4. The summed E-state index contributed by atoms with van der Waals surface area (Å²) in [7, 11) is 0. The first-order valence-corrected chi connectivity index (χ1v) is 12.6. The first-order chi connectivity index (χ1) is 18.7. The summed E-state index contributed by atoms with van der Waals surface area (Å²) >= 11 is 6.13. The molecule has 2 aromatic rings. The van der Waals surface area contributed by atoms with Crippen LogP contribution in [0.4, 0.5) is 33.3 Å². The number of halogens is 6. The zero-order chi connectivity index (χ0) is 29.6. The number of primary amides is 1. The molecule has 1 fully saturated rings. The van der Waals surface area contributed by atoms with Crippen LogP contribution >= 0.6 is 11.6 Å². The van der Waals surface area contributed by atoms with Crippen molar-refractivity contribution in [1.29, 1.82) is 0 Å². The van der Waals surface area contributed by atoms with Gasteiger partial charge < -0.3 is 27.0 Å². The smallest absolute Gasteiger partial charge is 0.370 e. The van der Waals surface area contributed by atoms with Gasteiger partial charge in [0, 0.05) is 49.9 Å². The molecule has 0 spiro atoms. The summed E-state index contributed by atoms with van der Waals surface area (Å²) in [6, 6.07) is 5.45. The molecule has 0 radical (unpaired) electrons. The second kappa shape index (κ2) is 13.2. The molecule has 1 aliphatic heterocycles. The molecule has 40 heavy (non-hydrogen) atoms. The number of piperazine rings is 1. The van der Waals surface area contributed by atoms with Gasteiger partial charge in [0.15, 0.2) is 11.6 Å². The Kier molecular flexibility index (Phi) is 10.3. The van der Waals surface area contributed by atoms with Gasteiger partial charge in [0.25, 0.3) is 5.91 Å². The van der Waals surface area contributed by atoms with Gasteiger partial charge in [0.2, 0.25) is 11.8 Å². The van der Waals surface area contributed by atoms with Crippen LogP contribution in [0, 0.1) is 11.6 Å². The Labute approximate surface area is 231 Å². The monoisotopic (exact) mass is 590 g/mol. The van der Waals surface area contributed by atoms with Crippen molar-refractivity contribution in [1.82, 2.24) is 10.2 Å². The molecule has 218 valence electrons. The maximum Gasteiger partial charge on any atom is 0.390 e. The molecule has 3 amide bonds. The average molecular weight is 591 g/mol. The number of carbonyl (C=O) groups excluding carboxylic acids is 3.